The molecule has 0 aliphatic carbocycles. The molecule has 0 aliphatic heterocycles. The second-order valence-electron chi connectivity index (χ2n) is 7.21. The van der Waals surface area contributed by atoms with Crippen LogP contribution in [0, 0.1) is 5.82 Å². The van der Waals surface area contributed by atoms with Gasteiger partial charge in [0.05, 0.1) is 5.56 Å². The van der Waals surface area contributed by atoms with Crippen molar-refractivity contribution in [3.63, 3.8) is 0 Å². The quantitative estimate of drug-likeness (QED) is 0.527. The number of carbonyl (C=O) groups excluding carboxylic acids is 2. The summed E-state index contributed by atoms with van der Waals surface area (Å²) in [4.78, 5) is 26.9. The minimum absolute atomic E-state index is 0.228. The summed E-state index contributed by atoms with van der Waals surface area (Å²) >= 11 is 0. The molecule has 0 saturated carbocycles. The van der Waals surface area contributed by atoms with Gasteiger partial charge in [-0.15, -0.1) is 0 Å². The van der Waals surface area contributed by atoms with Crippen molar-refractivity contribution in [2.75, 3.05) is 36.2 Å². The zero-order chi connectivity index (χ0) is 22.2. The fourth-order valence-electron chi connectivity index (χ4n) is 3.11. The van der Waals surface area contributed by atoms with Gasteiger partial charge in [-0.1, -0.05) is 36.4 Å². The molecule has 0 heterocycles. The molecule has 3 amide bonds. The maximum absolute atomic E-state index is 13.3. The van der Waals surface area contributed by atoms with Crippen molar-refractivity contribution < 1.29 is 14.0 Å². The molecule has 0 bridgehead atoms. The van der Waals surface area contributed by atoms with Crippen LogP contribution in [0.5, 0.6) is 0 Å². The zero-order valence-electron chi connectivity index (χ0n) is 17.5. The molecule has 3 aromatic rings. The number of anilines is 3. The van der Waals surface area contributed by atoms with Crippen LogP contribution in [0.1, 0.15) is 15.9 Å². The molecular weight excluding hydrogens is 395 g/mol. The molecule has 0 aromatic heterocycles. The highest BCUT2D eigenvalue weighted by atomic mass is 19.1. The predicted molar refractivity (Wildman–Crippen MR) is 122 cm³/mol. The number of rotatable bonds is 7. The summed E-state index contributed by atoms with van der Waals surface area (Å²) in [7, 11) is 3.69. The zero-order valence-corrected chi connectivity index (χ0v) is 17.5. The third-order valence-corrected chi connectivity index (χ3v) is 4.61. The van der Waals surface area contributed by atoms with Gasteiger partial charge in [0.25, 0.3) is 5.91 Å². The normalized spacial score (nSPS) is 10.3. The van der Waals surface area contributed by atoms with Crippen LogP contribution in [0.3, 0.4) is 0 Å². The minimum atomic E-state index is -0.529. The molecule has 0 saturated heterocycles. The van der Waals surface area contributed by atoms with E-state index in [0.717, 1.165) is 17.7 Å². The van der Waals surface area contributed by atoms with Crippen LogP contribution in [-0.2, 0) is 6.42 Å². The van der Waals surface area contributed by atoms with E-state index >= 15 is 0 Å². The fourth-order valence-corrected chi connectivity index (χ4v) is 3.11. The first-order chi connectivity index (χ1) is 14.9. The summed E-state index contributed by atoms with van der Waals surface area (Å²) in [5.41, 5.74) is 3.10. The second kappa shape index (κ2) is 10.2. The van der Waals surface area contributed by atoms with Gasteiger partial charge in [-0.2, -0.15) is 0 Å². The Kier molecular flexibility index (Phi) is 7.22. The van der Waals surface area contributed by atoms with Crippen molar-refractivity contribution in [3.8, 4) is 0 Å². The lowest BCUT2D eigenvalue weighted by Gasteiger charge is -2.18. The van der Waals surface area contributed by atoms with Crippen LogP contribution >= 0.6 is 0 Å². The van der Waals surface area contributed by atoms with Crippen molar-refractivity contribution in [1.29, 1.82) is 0 Å². The highest BCUT2D eigenvalue weighted by molar-refractivity contribution is 6.03. The highest BCUT2D eigenvalue weighted by Crippen LogP contribution is 2.23. The van der Waals surface area contributed by atoms with Gasteiger partial charge in [0, 0.05) is 37.7 Å². The Bertz CT molecular complexity index is 1050. The van der Waals surface area contributed by atoms with Crippen LogP contribution in [0.15, 0.2) is 72.8 Å². The van der Waals surface area contributed by atoms with E-state index in [1.165, 1.54) is 18.2 Å². The molecule has 0 radical (unpaired) electrons. The van der Waals surface area contributed by atoms with E-state index in [0.29, 0.717) is 23.5 Å². The Morgan fingerprint density at radius 1 is 0.871 bits per heavy atom. The maximum Gasteiger partial charge on any atom is 0.323 e. The largest absolute Gasteiger partial charge is 0.377 e. The number of carbonyl (C=O) groups is 2. The number of hydrogen-bond donors (Lipinski definition) is 3. The lowest BCUT2D eigenvalue weighted by atomic mass is 10.1. The summed E-state index contributed by atoms with van der Waals surface area (Å²) < 4.78 is 13.3. The summed E-state index contributed by atoms with van der Waals surface area (Å²) in [5, 5.41) is 8.18. The van der Waals surface area contributed by atoms with Gasteiger partial charge in [-0.3, -0.25) is 4.79 Å². The molecule has 3 rings (SSSR count). The first kappa shape index (κ1) is 21.8. The smallest absolute Gasteiger partial charge is 0.323 e. The average Bonchev–Trinajstić information content (AvgIpc) is 2.74. The third-order valence-electron chi connectivity index (χ3n) is 4.61. The lowest BCUT2D eigenvalue weighted by Crippen LogP contribution is -2.28. The first-order valence-electron chi connectivity index (χ1n) is 9.89. The van der Waals surface area contributed by atoms with E-state index in [2.05, 4.69) is 16.0 Å². The Balaban J connectivity index is 1.67. The van der Waals surface area contributed by atoms with E-state index in [-0.39, 0.29) is 5.91 Å². The molecule has 3 N–H and O–H groups in total. The molecule has 6 nitrogen and oxygen atoms in total. The van der Waals surface area contributed by atoms with Crippen molar-refractivity contribution >= 4 is 29.0 Å². The second-order valence-corrected chi connectivity index (χ2v) is 7.21. The van der Waals surface area contributed by atoms with Crippen LogP contribution in [0.25, 0.3) is 0 Å². The maximum atomic E-state index is 13.3. The monoisotopic (exact) mass is 420 g/mol. The number of amides is 3. The first-order valence-corrected chi connectivity index (χ1v) is 9.89. The minimum Gasteiger partial charge on any atom is -0.377 e. The van der Waals surface area contributed by atoms with E-state index in [1.807, 2.05) is 49.3 Å². The number of nitrogens with zero attached hydrogens (tertiary/aromatic N) is 1. The van der Waals surface area contributed by atoms with Crippen molar-refractivity contribution in [1.82, 2.24) is 5.32 Å². The van der Waals surface area contributed by atoms with Crippen molar-refractivity contribution in [3.05, 3.63) is 89.7 Å². The standard InChI is InChI=1S/C24H25FN4O2/c1-29(2)22-12-11-20(28-24(31)27-19-10-6-9-18(25)15-19)16-21(22)23(30)26-14-13-17-7-4-3-5-8-17/h3-12,15-16H,13-14H2,1-2H3,(H,26,30)(H2,27,28,31). The molecular formula is C24H25FN4O2. The molecule has 31 heavy (non-hydrogen) atoms. The Labute approximate surface area is 181 Å². The average molecular weight is 420 g/mol. The molecule has 0 unspecified atom stereocenters. The van der Waals surface area contributed by atoms with Gasteiger partial charge < -0.3 is 20.9 Å². The molecule has 0 fully saturated rings. The van der Waals surface area contributed by atoms with Crippen LogP contribution in [0.4, 0.5) is 26.2 Å². The Morgan fingerprint density at radius 3 is 2.26 bits per heavy atom. The number of hydrogen-bond acceptors (Lipinski definition) is 3. The van der Waals surface area contributed by atoms with Gasteiger partial charge in [0.2, 0.25) is 0 Å². The number of urea groups is 1. The number of benzene rings is 3. The fraction of sp³-hybridized carbons (Fsp3) is 0.167. The predicted octanol–water partition coefficient (Wildman–Crippen LogP) is 4.51. The van der Waals surface area contributed by atoms with E-state index in [9.17, 15) is 14.0 Å². The molecule has 160 valence electrons. The molecule has 3 aromatic carbocycles. The Morgan fingerprint density at radius 2 is 1.58 bits per heavy atom. The molecule has 0 atom stereocenters. The summed E-state index contributed by atoms with van der Waals surface area (Å²) in [6, 6.07) is 20.1. The molecule has 0 spiro atoms. The third kappa shape index (κ3) is 6.30. The SMILES string of the molecule is CN(C)c1ccc(NC(=O)Nc2cccc(F)c2)cc1C(=O)NCCc1ccccc1. The summed E-state index contributed by atoms with van der Waals surface area (Å²) in [6.45, 7) is 0.493. The van der Waals surface area contributed by atoms with Crippen LogP contribution < -0.4 is 20.9 Å². The van der Waals surface area contributed by atoms with Crippen LogP contribution in [0.2, 0.25) is 0 Å². The number of halogens is 1. The highest BCUT2D eigenvalue weighted by Gasteiger charge is 2.15. The van der Waals surface area contributed by atoms with Crippen molar-refractivity contribution in [2.24, 2.45) is 0 Å². The van der Waals surface area contributed by atoms with Crippen molar-refractivity contribution in [2.45, 2.75) is 6.42 Å². The van der Waals surface area contributed by atoms with Gasteiger partial charge in [-0.25, -0.2) is 9.18 Å². The van der Waals surface area contributed by atoms with Crippen LogP contribution in [-0.4, -0.2) is 32.6 Å². The molecule has 0 aliphatic rings. The van der Waals surface area contributed by atoms with Gasteiger partial charge >= 0.3 is 6.03 Å². The summed E-state index contributed by atoms with van der Waals surface area (Å²) in [5.74, 6) is -0.670. The lowest BCUT2D eigenvalue weighted by molar-refractivity contribution is 0.0954. The van der Waals surface area contributed by atoms with E-state index < -0.39 is 11.8 Å². The summed E-state index contributed by atoms with van der Waals surface area (Å²) in [6.07, 6.45) is 0.720. The molecule has 7 heteroatoms. The topological polar surface area (TPSA) is 73.5 Å². The Hall–Kier alpha value is -3.87. The number of nitrogens with one attached hydrogen (secondary N) is 3. The van der Waals surface area contributed by atoms with Gasteiger partial charge in [0.15, 0.2) is 0 Å². The van der Waals surface area contributed by atoms with E-state index in [1.54, 1.807) is 24.3 Å². The van der Waals surface area contributed by atoms with Gasteiger partial charge in [0.1, 0.15) is 5.82 Å². The van der Waals surface area contributed by atoms with E-state index in [4.69, 9.17) is 0 Å². The van der Waals surface area contributed by atoms with Gasteiger partial charge in [-0.05, 0) is 48.4 Å².